The summed E-state index contributed by atoms with van der Waals surface area (Å²) in [7, 11) is -1.20. The van der Waals surface area contributed by atoms with Crippen molar-refractivity contribution in [3.8, 4) is 5.75 Å². The summed E-state index contributed by atoms with van der Waals surface area (Å²) < 4.78 is 33.7. The highest BCUT2D eigenvalue weighted by Gasteiger charge is 2.33. The van der Waals surface area contributed by atoms with Crippen LogP contribution in [0.15, 0.2) is 83.8 Å². The summed E-state index contributed by atoms with van der Waals surface area (Å²) in [6.45, 7) is 1.40. The van der Waals surface area contributed by atoms with Crippen molar-refractivity contribution in [1.82, 2.24) is 10.2 Å². The number of sulfonamides is 1. The second-order valence-electron chi connectivity index (χ2n) is 8.21. The zero-order valence-corrected chi connectivity index (χ0v) is 22.5. The maximum Gasteiger partial charge on any atom is 0.264 e. The Morgan fingerprint density at radius 2 is 1.68 bits per heavy atom. The second-order valence-corrected chi connectivity index (χ2v) is 10.5. The Bertz CT molecular complexity index is 1320. The number of benzene rings is 3. The minimum Gasteiger partial charge on any atom is -0.497 e. The van der Waals surface area contributed by atoms with Crippen LogP contribution >= 0.6 is 11.6 Å². The van der Waals surface area contributed by atoms with Gasteiger partial charge in [0.25, 0.3) is 10.0 Å². The van der Waals surface area contributed by atoms with Gasteiger partial charge in [0, 0.05) is 18.6 Å². The Hall–Kier alpha value is -3.56. The number of nitrogens with one attached hydrogen (secondary N) is 1. The molecular formula is C27H30ClN3O5S. The van der Waals surface area contributed by atoms with Crippen molar-refractivity contribution in [2.75, 3.05) is 25.0 Å². The Labute approximate surface area is 222 Å². The molecule has 10 heteroatoms. The molecule has 0 aliphatic rings. The Balaban J connectivity index is 2.05. The van der Waals surface area contributed by atoms with Gasteiger partial charge in [-0.05, 0) is 54.4 Å². The molecule has 0 aliphatic carbocycles. The number of carbonyl (C=O) groups is 2. The van der Waals surface area contributed by atoms with Crippen LogP contribution in [0, 0.1) is 0 Å². The van der Waals surface area contributed by atoms with Gasteiger partial charge in [0.2, 0.25) is 11.8 Å². The molecule has 2 amide bonds. The fraction of sp³-hybridized carbons (Fsp3) is 0.259. The third-order valence-corrected chi connectivity index (χ3v) is 7.87. The molecule has 0 fully saturated rings. The van der Waals surface area contributed by atoms with Crippen LogP contribution in [0.5, 0.6) is 5.75 Å². The quantitative estimate of drug-likeness (QED) is 0.393. The molecule has 3 aromatic carbocycles. The minimum atomic E-state index is -4.18. The van der Waals surface area contributed by atoms with E-state index < -0.39 is 28.5 Å². The summed E-state index contributed by atoms with van der Waals surface area (Å²) in [5.74, 6) is -0.370. The van der Waals surface area contributed by atoms with Gasteiger partial charge < -0.3 is 15.0 Å². The summed E-state index contributed by atoms with van der Waals surface area (Å²) >= 11 is 6.18. The zero-order valence-electron chi connectivity index (χ0n) is 20.9. The number of hydrogen-bond donors (Lipinski definition) is 1. The molecule has 1 unspecified atom stereocenters. The molecule has 1 N–H and O–H groups in total. The van der Waals surface area contributed by atoms with Crippen molar-refractivity contribution in [3.05, 3.63) is 89.4 Å². The van der Waals surface area contributed by atoms with Crippen molar-refractivity contribution >= 4 is 39.1 Å². The first kappa shape index (κ1) is 28.0. The number of nitrogens with zero attached hydrogens (tertiary/aromatic N) is 2. The van der Waals surface area contributed by atoms with Crippen molar-refractivity contribution in [2.45, 2.75) is 30.8 Å². The summed E-state index contributed by atoms with van der Waals surface area (Å²) in [6.07, 6.45) is 0.348. The summed E-state index contributed by atoms with van der Waals surface area (Å²) in [6, 6.07) is 20.6. The Morgan fingerprint density at radius 3 is 2.24 bits per heavy atom. The lowest BCUT2D eigenvalue weighted by molar-refractivity contribution is -0.140. The van der Waals surface area contributed by atoms with Crippen LogP contribution in [0.1, 0.15) is 18.9 Å². The minimum absolute atomic E-state index is 0.0194. The van der Waals surface area contributed by atoms with Gasteiger partial charge in [0.1, 0.15) is 18.3 Å². The number of likely N-dealkylation sites (N-methyl/N-ethyl adjacent to an activating group) is 1. The van der Waals surface area contributed by atoms with Crippen molar-refractivity contribution < 1.29 is 22.7 Å². The third kappa shape index (κ3) is 6.81. The standard InChI is InChI=1S/C27H30ClN3O5S/c1-4-25(27(33)29-2)30(18-20-9-6-5-7-10-20)26(32)19-31(22-12-8-11-21(28)17-22)37(34,35)24-15-13-23(36-3)14-16-24/h5-17,25H,4,18-19H2,1-3H3,(H,29,33). The number of amides is 2. The van der Waals surface area contributed by atoms with E-state index in [1.165, 1.54) is 49.4 Å². The first-order chi connectivity index (χ1) is 17.7. The Kier molecular flexibility index (Phi) is 9.54. The van der Waals surface area contributed by atoms with E-state index >= 15 is 0 Å². The van der Waals surface area contributed by atoms with E-state index in [4.69, 9.17) is 16.3 Å². The first-order valence-electron chi connectivity index (χ1n) is 11.7. The molecule has 1 atom stereocenters. The van der Waals surface area contributed by atoms with Crippen LogP contribution in [-0.2, 0) is 26.2 Å². The fourth-order valence-corrected chi connectivity index (χ4v) is 5.49. The van der Waals surface area contributed by atoms with Crippen LogP contribution < -0.4 is 14.4 Å². The molecule has 0 saturated carbocycles. The molecule has 37 heavy (non-hydrogen) atoms. The molecule has 3 rings (SSSR count). The molecule has 0 heterocycles. The highest BCUT2D eigenvalue weighted by Crippen LogP contribution is 2.28. The molecule has 0 radical (unpaired) electrons. The highest BCUT2D eigenvalue weighted by atomic mass is 35.5. The molecule has 0 saturated heterocycles. The lowest BCUT2D eigenvalue weighted by Gasteiger charge is -2.33. The van der Waals surface area contributed by atoms with E-state index in [0.717, 1.165) is 9.87 Å². The van der Waals surface area contributed by atoms with Gasteiger partial charge in [-0.2, -0.15) is 0 Å². The highest BCUT2D eigenvalue weighted by molar-refractivity contribution is 7.92. The smallest absolute Gasteiger partial charge is 0.264 e. The third-order valence-electron chi connectivity index (χ3n) is 5.85. The number of halogens is 1. The lowest BCUT2D eigenvalue weighted by Crippen LogP contribution is -2.51. The average molecular weight is 544 g/mol. The van der Waals surface area contributed by atoms with E-state index in [-0.39, 0.29) is 23.0 Å². The largest absolute Gasteiger partial charge is 0.497 e. The first-order valence-corrected chi connectivity index (χ1v) is 13.5. The maximum atomic E-state index is 13.8. The number of methoxy groups -OCH3 is 1. The summed E-state index contributed by atoms with van der Waals surface area (Å²) in [5, 5.41) is 2.92. The van der Waals surface area contributed by atoms with Crippen molar-refractivity contribution in [1.29, 1.82) is 0 Å². The number of hydrogen-bond acceptors (Lipinski definition) is 5. The molecule has 196 valence electrons. The van der Waals surface area contributed by atoms with Gasteiger partial charge in [-0.15, -0.1) is 0 Å². The molecule has 0 bridgehead atoms. The van der Waals surface area contributed by atoms with Crippen LogP contribution in [0.4, 0.5) is 5.69 Å². The molecule has 0 spiro atoms. The normalized spacial score (nSPS) is 11.9. The van der Waals surface area contributed by atoms with Gasteiger partial charge in [-0.1, -0.05) is 54.9 Å². The average Bonchev–Trinajstić information content (AvgIpc) is 2.91. The number of rotatable bonds is 11. The van der Waals surface area contributed by atoms with Crippen LogP contribution in [0.3, 0.4) is 0 Å². The van der Waals surface area contributed by atoms with Crippen molar-refractivity contribution in [3.63, 3.8) is 0 Å². The maximum absolute atomic E-state index is 13.8. The topological polar surface area (TPSA) is 96.0 Å². The second kappa shape index (κ2) is 12.6. The summed E-state index contributed by atoms with van der Waals surface area (Å²) in [5.41, 5.74) is 1.04. The molecule has 3 aromatic rings. The van der Waals surface area contributed by atoms with E-state index in [0.29, 0.717) is 17.2 Å². The van der Waals surface area contributed by atoms with E-state index in [9.17, 15) is 18.0 Å². The van der Waals surface area contributed by atoms with E-state index in [1.54, 1.807) is 25.1 Å². The van der Waals surface area contributed by atoms with Gasteiger partial charge in [0.15, 0.2) is 0 Å². The number of carbonyl (C=O) groups excluding carboxylic acids is 2. The lowest BCUT2D eigenvalue weighted by atomic mass is 10.1. The van der Waals surface area contributed by atoms with Gasteiger partial charge in [-0.3, -0.25) is 13.9 Å². The van der Waals surface area contributed by atoms with E-state index in [2.05, 4.69) is 5.32 Å². The van der Waals surface area contributed by atoms with Crippen LogP contribution in [-0.4, -0.2) is 51.9 Å². The van der Waals surface area contributed by atoms with E-state index in [1.807, 2.05) is 30.3 Å². The van der Waals surface area contributed by atoms with Gasteiger partial charge in [-0.25, -0.2) is 8.42 Å². The number of anilines is 1. The van der Waals surface area contributed by atoms with Crippen LogP contribution in [0.2, 0.25) is 5.02 Å². The molecule has 0 aliphatic heterocycles. The number of ether oxygens (including phenoxy) is 1. The Morgan fingerprint density at radius 1 is 1.00 bits per heavy atom. The van der Waals surface area contributed by atoms with Crippen LogP contribution in [0.25, 0.3) is 0 Å². The van der Waals surface area contributed by atoms with Gasteiger partial charge >= 0.3 is 0 Å². The summed E-state index contributed by atoms with van der Waals surface area (Å²) in [4.78, 5) is 27.9. The SMILES string of the molecule is CCC(C(=O)NC)N(Cc1ccccc1)C(=O)CN(c1cccc(Cl)c1)S(=O)(=O)c1ccc(OC)cc1. The van der Waals surface area contributed by atoms with Gasteiger partial charge in [0.05, 0.1) is 17.7 Å². The molecule has 0 aromatic heterocycles. The zero-order chi connectivity index (χ0) is 27.0. The predicted molar refractivity (Wildman–Crippen MR) is 144 cm³/mol. The monoisotopic (exact) mass is 543 g/mol. The predicted octanol–water partition coefficient (Wildman–Crippen LogP) is 4.10. The van der Waals surface area contributed by atoms with Crippen molar-refractivity contribution in [2.24, 2.45) is 0 Å². The molecular weight excluding hydrogens is 514 g/mol. The fourth-order valence-electron chi connectivity index (χ4n) is 3.90. The molecule has 8 nitrogen and oxygen atoms in total.